The summed E-state index contributed by atoms with van der Waals surface area (Å²) in [4.78, 5) is 0. The molecule has 3 nitrogen and oxygen atoms in total. The highest BCUT2D eigenvalue weighted by atomic mass is 35.5. The molecule has 0 atom stereocenters. The van der Waals surface area contributed by atoms with Gasteiger partial charge in [0.05, 0.1) is 6.21 Å². The lowest BCUT2D eigenvalue weighted by molar-refractivity contribution is 0.306. The van der Waals surface area contributed by atoms with Crippen LogP contribution in [-0.4, -0.2) is 6.21 Å². The second-order valence-corrected chi connectivity index (χ2v) is 4.13. The predicted octanol–water partition coefficient (Wildman–Crippen LogP) is 3.21. The molecule has 2 N–H and O–H groups in total. The van der Waals surface area contributed by atoms with Crippen molar-refractivity contribution >= 4 is 17.8 Å². The highest BCUT2D eigenvalue weighted by Crippen LogP contribution is 2.18. The van der Waals surface area contributed by atoms with Crippen LogP contribution in [0.4, 0.5) is 0 Å². The average molecular weight is 261 g/mol. The molecule has 0 fully saturated rings. The Kier molecular flexibility index (Phi) is 4.20. The Hall–Kier alpha value is -2.00. The van der Waals surface area contributed by atoms with Crippen molar-refractivity contribution in [1.29, 1.82) is 0 Å². The summed E-state index contributed by atoms with van der Waals surface area (Å²) in [6, 6.07) is 15.1. The van der Waals surface area contributed by atoms with Gasteiger partial charge in [0, 0.05) is 10.6 Å². The topological polar surface area (TPSA) is 47.6 Å². The van der Waals surface area contributed by atoms with Crippen molar-refractivity contribution in [1.82, 2.24) is 0 Å². The van der Waals surface area contributed by atoms with Crippen LogP contribution in [0.25, 0.3) is 0 Å². The first-order valence-electron chi connectivity index (χ1n) is 5.49. The molecule has 0 heterocycles. The molecule has 0 unspecified atom stereocenters. The molecule has 0 saturated heterocycles. The summed E-state index contributed by atoms with van der Waals surface area (Å²) in [6.45, 7) is 0.448. The monoisotopic (exact) mass is 260 g/mol. The number of ether oxygens (including phenoxy) is 1. The zero-order valence-electron chi connectivity index (χ0n) is 9.71. The zero-order valence-corrected chi connectivity index (χ0v) is 10.5. The maximum atomic E-state index is 6.05. The van der Waals surface area contributed by atoms with Gasteiger partial charge in [-0.1, -0.05) is 29.8 Å². The first-order valence-corrected chi connectivity index (χ1v) is 5.87. The summed E-state index contributed by atoms with van der Waals surface area (Å²) in [5.74, 6) is 5.86. The normalized spacial score (nSPS) is 10.7. The first-order chi connectivity index (χ1) is 8.79. The number of halogens is 1. The summed E-state index contributed by atoms with van der Waals surface area (Å²) in [5, 5.41) is 4.17. The van der Waals surface area contributed by atoms with Crippen LogP contribution in [0, 0.1) is 0 Å². The average Bonchev–Trinajstić information content (AvgIpc) is 2.40. The number of hydrogen-bond acceptors (Lipinski definition) is 3. The van der Waals surface area contributed by atoms with Gasteiger partial charge in [-0.25, -0.2) is 0 Å². The number of rotatable bonds is 4. The fraction of sp³-hybridized carbons (Fsp3) is 0.0714. The molecule has 0 aliphatic rings. The summed E-state index contributed by atoms with van der Waals surface area (Å²) < 4.78 is 5.65. The van der Waals surface area contributed by atoms with E-state index in [0.29, 0.717) is 11.6 Å². The van der Waals surface area contributed by atoms with Gasteiger partial charge in [0.2, 0.25) is 0 Å². The van der Waals surface area contributed by atoms with E-state index < -0.39 is 0 Å². The van der Waals surface area contributed by atoms with E-state index in [1.54, 1.807) is 6.21 Å². The smallest absolute Gasteiger partial charge is 0.119 e. The minimum atomic E-state index is 0.448. The Morgan fingerprint density at radius 1 is 1.11 bits per heavy atom. The second-order valence-electron chi connectivity index (χ2n) is 3.73. The van der Waals surface area contributed by atoms with Crippen molar-refractivity contribution < 1.29 is 4.74 Å². The van der Waals surface area contributed by atoms with Crippen LogP contribution < -0.4 is 10.6 Å². The molecule has 0 aliphatic heterocycles. The number of benzene rings is 2. The minimum absolute atomic E-state index is 0.448. The van der Waals surface area contributed by atoms with Gasteiger partial charge in [0.1, 0.15) is 12.4 Å². The molecular formula is C14H13ClN2O. The van der Waals surface area contributed by atoms with Crippen molar-refractivity contribution in [2.75, 3.05) is 0 Å². The molecule has 0 amide bonds. The third-order valence-electron chi connectivity index (χ3n) is 2.46. The minimum Gasteiger partial charge on any atom is -0.489 e. The summed E-state index contributed by atoms with van der Waals surface area (Å²) in [7, 11) is 0. The predicted molar refractivity (Wildman–Crippen MR) is 74.0 cm³/mol. The van der Waals surface area contributed by atoms with Gasteiger partial charge in [-0.2, -0.15) is 5.10 Å². The van der Waals surface area contributed by atoms with E-state index in [2.05, 4.69) is 5.10 Å². The van der Waals surface area contributed by atoms with Gasteiger partial charge in [0.25, 0.3) is 0 Å². The van der Waals surface area contributed by atoms with Gasteiger partial charge >= 0.3 is 0 Å². The maximum absolute atomic E-state index is 6.05. The van der Waals surface area contributed by atoms with Gasteiger partial charge in [-0.3, -0.25) is 0 Å². The molecule has 2 aromatic rings. The van der Waals surface area contributed by atoms with E-state index in [1.807, 2.05) is 48.5 Å². The van der Waals surface area contributed by atoms with Crippen molar-refractivity contribution in [3.05, 3.63) is 64.7 Å². The number of nitrogens with zero attached hydrogens (tertiary/aromatic N) is 1. The van der Waals surface area contributed by atoms with E-state index in [0.717, 1.165) is 16.9 Å². The Balaban J connectivity index is 2.00. The van der Waals surface area contributed by atoms with Crippen LogP contribution in [0.5, 0.6) is 5.75 Å². The van der Waals surface area contributed by atoms with Gasteiger partial charge < -0.3 is 10.6 Å². The van der Waals surface area contributed by atoms with Crippen LogP contribution in [0.15, 0.2) is 53.6 Å². The third kappa shape index (κ3) is 3.25. The van der Waals surface area contributed by atoms with Crippen LogP contribution in [0.1, 0.15) is 11.1 Å². The fourth-order valence-electron chi connectivity index (χ4n) is 1.51. The lowest BCUT2D eigenvalue weighted by atomic mass is 10.2. The highest BCUT2D eigenvalue weighted by Gasteiger charge is 2.00. The zero-order chi connectivity index (χ0) is 12.8. The van der Waals surface area contributed by atoms with Gasteiger partial charge in [-0.15, -0.1) is 0 Å². The molecule has 0 aromatic heterocycles. The van der Waals surface area contributed by atoms with Gasteiger partial charge in [0.15, 0.2) is 0 Å². The number of nitrogens with two attached hydrogens (primary N) is 1. The summed E-state index contributed by atoms with van der Waals surface area (Å²) >= 11 is 6.05. The first kappa shape index (κ1) is 12.5. The lowest BCUT2D eigenvalue weighted by Crippen LogP contribution is -1.96. The van der Waals surface area contributed by atoms with Gasteiger partial charge in [-0.05, 0) is 35.9 Å². The molecule has 0 saturated carbocycles. The molecule has 0 spiro atoms. The Labute approximate surface area is 111 Å². The highest BCUT2D eigenvalue weighted by molar-refractivity contribution is 6.31. The van der Waals surface area contributed by atoms with Crippen LogP contribution in [-0.2, 0) is 6.61 Å². The molecule has 4 heteroatoms. The molecule has 92 valence electrons. The Morgan fingerprint density at radius 2 is 1.83 bits per heavy atom. The molecule has 0 aliphatic carbocycles. The van der Waals surface area contributed by atoms with Crippen molar-refractivity contribution in [2.24, 2.45) is 10.9 Å². The molecule has 0 bridgehead atoms. The largest absolute Gasteiger partial charge is 0.489 e. The summed E-state index contributed by atoms with van der Waals surface area (Å²) in [5.41, 5.74) is 1.90. The number of hydrogen-bond donors (Lipinski definition) is 1. The van der Waals surface area contributed by atoms with Crippen molar-refractivity contribution in [3.63, 3.8) is 0 Å². The van der Waals surface area contributed by atoms with Crippen LogP contribution >= 0.6 is 11.6 Å². The van der Waals surface area contributed by atoms with Crippen LogP contribution in [0.2, 0.25) is 5.02 Å². The quantitative estimate of drug-likeness (QED) is 0.521. The van der Waals surface area contributed by atoms with E-state index >= 15 is 0 Å². The molecule has 2 rings (SSSR count). The van der Waals surface area contributed by atoms with E-state index in [4.69, 9.17) is 22.2 Å². The molecule has 18 heavy (non-hydrogen) atoms. The van der Waals surface area contributed by atoms with E-state index in [9.17, 15) is 0 Å². The number of hydrazone groups is 1. The fourth-order valence-corrected chi connectivity index (χ4v) is 1.70. The van der Waals surface area contributed by atoms with E-state index in [1.165, 1.54) is 0 Å². The maximum Gasteiger partial charge on any atom is 0.119 e. The summed E-state index contributed by atoms with van der Waals surface area (Å²) in [6.07, 6.45) is 1.58. The molecule has 2 aromatic carbocycles. The molecular weight excluding hydrogens is 248 g/mol. The third-order valence-corrected chi connectivity index (χ3v) is 2.82. The Bertz CT molecular complexity index is 538. The van der Waals surface area contributed by atoms with E-state index in [-0.39, 0.29) is 0 Å². The Morgan fingerprint density at radius 3 is 2.50 bits per heavy atom. The second kappa shape index (κ2) is 6.07. The SMILES string of the molecule is NN=Cc1ccc(OCc2ccccc2Cl)cc1. The van der Waals surface area contributed by atoms with Crippen molar-refractivity contribution in [3.8, 4) is 5.75 Å². The van der Waals surface area contributed by atoms with Crippen molar-refractivity contribution in [2.45, 2.75) is 6.61 Å². The standard InChI is InChI=1S/C14H13ClN2O/c15-14-4-2-1-3-12(14)10-18-13-7-5-11(6-8-13)9-17-16/h1-9H,10,16H2. The van der Waals surface area contributed by atoms with Crippen LogP contribution in [0.3, 0.4) is 0 Å². The molecule has 0 radical (unpaired) electrons. The lowest BCUT2D eigenvalue weighted by Gasteiger charge is -2.07.